The number of hydrogen-bond acceptors (Lipinski definition) is 4. The summed E-state index contributed by atoms with van der Waals surface area (Å²) in [5.41, 5.74) is 3.27. The number of hydrogen-bond donors (Lipinski definition) is 2. The van der Waals surface area contributed by atoms with Crippen LogP contribution < -0.4 is 10.6 Å². The van der Waals surface area contributed by atoms with Crippen LogP contribution in [0, 0.1) is 0 Å². The van der Waals surface area contributed by atoms with Crippen LogP contribution in [0.15, 0.2) is 48.5 Å². The van der Waals surface area contributed by atoms with Crippen molar-refractivity contribution in [3.05, 3.63) is 65.2 Å². The van der Waals surface area contributed by atoms with Crippen LogP contribution in [0.1, 0.15) is 77.4 Å². The topological polar surface area (TPSA) is 70.7 Å². The lowest BCUT2D eigenvalue weighted by Gasteiger charge is -2.29. The highest BCUT2D eigenvalue weighted by molar-refractivity contribution is 5.99. The van der Waals surface area contributed by atoms with E-state index in [4.69, 9.17) is 4.74 Å². The SMILES string of the molecule is O=C(NC1CCCCC1)c1ccc(NC2c3ccccc3C(=O)N2CC2CCCO2)cc1. The number of anilines is 1. The van der Waals surface area contributed by atoms with E-state index in [-0.39, 0.29) is 24.1 Å². The van der Waals surface area contributed by atoms with Gasteiger partial charge in [-0.05, 0) is 56.0 Å². The zero-order valence-electron chi connectivity index (χ0n) is 18.4. The van der Waals surface area contributed by atoms with Crippen LogP contribution in [0.5, 0.6) is 0 Å². The number of fused-ring (bicyclic) bond motifs is 1. The molecular formula is C26H31N3O3. The molecule has 0 aromatic heterocycles. The number of carbonyl (C=O) groups excluding carboxylic acids is 2. The summed E-state index contributed by atoms with van der Waals surface area (Å²) in [5.74, 6) is 0.0296. The zero-order valence-corrected chi connectivity index (χ0v) is 18.4. The van der Waals surface area contributed by atoms with Gasteiger partial charge >= 0.3 is 0 Å². The first-order valence-electron chi connectivity index (χ1n) is 11.9. The summed E-state index contributed by atoms with van der Waals surface area (Å²) < 4.78 is 5.80. The third-order valence-corrected chi connectivity index (χ3v) is 6.87. The predicted molar refractivity (Wildman–Crippen MR) is 124 cm³/mol. The van der Waals surface area contributed by atoms with Crippen molar-refractivity contribution in [1.82, 2.24) is 10.2 Å². The number of carbonyl (C=O) groups is 2. The average molecular weight is 434 g/mol. The Morgan fingerprint density at radius 3 is 2.50 bits per heavy atom. The highest BCUT2D eigenvalue weighted by atomic mass is 16.5. The van der Waals surface area contributed by atoms with E-state index in [0.29, 0.717) is 18.2 Å². The van der Waals surface area contributed by atoms with Crippen LogP contribution in [0.25, 0.3) is 0 Å². The molecule has 2 atom stereocenters. The highest BCUT2D eigenvalue weighted by Gasteiger charge is 2.38. The van der Waals surface area contributed by atoms with E-state index in [1.54, 1.807) is 0 Å². The molecule has 32 heavy (non-hydrogen) atoms. The van der Waals surface area contributed by atoms with Crippen molar-refractivity contribution >= 4 is 17.5 Å². The maximum atomic E-state index is 13.1. The van der Waals surface area contributed by atoms with Gasteiger partial charge in [-0.3, -0.25) is 9.59 Å². The molecule has 0 bridgehead atoms. The standard InChI is InChI=1S/C26H31N3O3/c30-25(28-19-7-2-1-3-8-19)18-12-14-20(15-13-18)27-24-22-10-4-5-11-23(22)26(31)29(24)17-21-9-6-16-32-21/h4-5,10-15,19,21,24,27H,1-3,6-9,16-17H2,(H,28,30). The fourth-order valence-corrected chi connectivity index (χ4v) is 5.11. The Labute approximate surface area is 189 Å². The molecule has 0 radical (unpaired) electrons. The van der Waals surface area contributed by atoms with Gasteiger partial charge < -0.3 is 20.3 Å². The van der Waals surface area contributed by atoms with Gasteiger partial charge in [0.15, 0.2) is 0 Å². The van der Waals surface area contributed by atoms with E-state index < -0.39 is 0 Å². The third-order valence-electron chi connectivity index (χ3n) is 6.87. The van der Waals surface area contributed by atoms with Crippen molar-refractivity contribution < 1.29 is 14.3 Å². The molecule has 0 spiro atoms. The third kappa shape index (κ3) is 4.37. The molecule has 2 fully saturated rings. The molecule has 2 unspecified atom stereocenters. The minimum atomic E-state index is -0.246. The Bertz CT molecular complexity index is 963. The summed E-state index contributed by atoms with van der Waals surface area (Å²) in [5, 5.41) is 6.68. The second kappa shape index (κ2) is 9.33. The largest absolute Gasteiger partial charge is 0.376 e. The Balaban J connectivity index is 1.29. The monoisotopic (exact) mass is 433 g/mol. The van der Waals surface area contributed by atoms with Gasteiger partial charge in [-0.25, -0.2) is 0 Å². The number of nitrogens with one attached hydrogen (secondary N) is 2. The molecule has 1 saturated carbocycles. The molecule has 2 aromatic rings. The molecule has 2 aromatic carbocycles. The number of benzene rings is 2. The smallest absolute Gasteiger partial charge is 0.256 e. The fraction of sp³-hybridized carbons (Fsp3) is 0.462. The van der Waals surface area contributed by atoms with Crippen molar-refractivity contribution in [2.45, 2.75) is 63.3 Å². The lowest BCUT2D eigenvalue weighted by Crippen LogP contribution is -2.38. The Morgan fingerprint density at radius 2 is 1.75 bits per heavy atom. The molecule has 6 nitrogen and oxygen atoms in total. The Kier molecular flexibility index (Phi) is 6.12. The van der Waals surface area contributed by atoms with Gasteiger partial charge in [0.1, 0.15) is 6.17 Å². The fourth-order valence-electron chi connectivity index (χ4n) is 5.11. The van der Waals surface area contributed by atoms with Crippen LogP contribution in [0.2, 0.25) is 0 Å². The van der Waals surface area contributed by atoms with Gasteiger partial charge in [-0.15, -0.1) is 0 Å². The van der Waals surface area contributed by atoms with Crippen LogP contribution in [0.4, 0.5) is 5.69 Å². The van der Waals surface area contributed by atoms with Gasteiger partial charge in [0.25, 0.3) is 11.8 Å². The molecule has 1 aliphatic carbocycles. The molecule has 1 saturated heterocycles. The Morgan fingerprint density at radius 1 is 0.969 bits per heavy atom. The van der Waals surface area contributed by atoms with Gasteiger partial charge in [0, 0.05) is 41.6 Å². The highest BCUT2D eigenvalue weighted by Crippen LogP contribution is 2.35. The molecule has 2 heterocycles. The van der Waals surface area contributed by atoms with Crippen LogP contribution in [0.3, 0.4) is 0 Å². The molecule has 3 aliphatic rings. The molecule has 2 N–H and O–H groups in total. The molecular weight excluding hydrogens is 402 g/mol. The number of ether oxygens (including phenoxy) is 1. The summed E-state index contributed by atoms with van der Waals surface area (Å²) in [6, 6.07) is 15.6. The minimum absolute atomic E-state index is 0.00940. The summed E-state index contributed by atoms with van der Waals surface area (Å²) in [6.07, 6.45) is 7.66. The van der Waals surface area contributed by atoms with Crippen molar-refractivity contribution in [2.75, 3.05) is 18.5 Å². The van der Waals surface area contributed by atoms with Crippen molar-refractivity contribution in [2.24, 2.45) is 0 Å². The second-order valence-corrected chi connectivity index (χ2v) is 9.11. The van der Waals surface area contributed by atoms with E-state index >= 15 is 0 Å². The molecule has 168 valence electrons. The Hall–Kier alpha value is -2.86. The van der Waals surface area contributed by atoms with E-state index in [9.17, 15) is 9.59 Å². The second-order valence-electron chi connectivity index (χ2n) is 9.11. The first-order chi connectivity index (χ1) is 15.7. The lowest BCUT2D eigenvalue weighted by molar-refractivity contribution is 0.0489. The molecule has 2 aliphatic heterocycles. The molecule has 6 heteroatoms. The number of rotatable bonds is 6. The number of nitrogens with zero attached hydrogens (tertiary/aromatic N) is 1. The van der Waals surface area contributed by atoms with Crippen molar-refractivity contribution in [1.29, 1.82) is 0 Å². The summed E-state index contributed by atoms with van der Waals surface area (Å²) in [7, 11) is 0. The van der Waals surface area contributed by atoms with E-state index in [1.165, 1.54) is 19.3 Å². The maximum Gasteiger partial charge on any atom is 0.256 e. The van der Waals surface area contributed by atoms with E-state index in [1.807, 2.05) is 53.4 Å². The first kappa shape index (κ1) is 21.0. The first-order valence-corrected chi connectivity index (χ1v) is 11.9. The number of amides is 2. The van der Waals surface area contributed by atoms with E-state index in [2.05, 4.69) is 10.6 Å². The van der Waals surface area contributed by atoms with Gasteiger partial charge in [0.05, 0.1) is 6.10 Å². The van der Waals surface area contributed by atoms with Crippen molar-refractivity contribution in [3.8, 4) is 0 Å². The van der Waals surface area contributed by atoms with Crippen LogP contribution in [-0.2, 0) is 4.74 Å². The van der Waals surface area contributed by atoms with E-state index in [0.717, 1.165) is 49.1 Å². The lowest BCUT2D eigenvalue weighted by atomic mass is 9.95. The van der Waals surface area contributed by atoms with Gasteiger partial charge in [-0.1, -0.05) is 37.5 Å². The summed E-state index contributed by atoms with van der Waals surface area (Å²) in [4.78, 5) is 27.6. The summed E-state index contributed by atoms with van der Waals surface area (Å²) >= 11 is 0. The zero-order chi connectivity index (χ0) is 21.9. The summed E-state index contributed by atoms with van der Waals surface area (Å²) in [6.45, 7) is 1.34. The average Bonchev–Trinajstić information content (AvgIpc) is 3.43. The minimum Gasteiger partial charge on any atom is -0.376 e. The van der Waals surface area contributed by atoms with Crippen LogP contribution >= 0.6 is 0 Å². The van der Waals surface area contributed by atoms with Crippen molar-refractivity contribution in [3.63, 3.8) is 0 Å². The van der Waals surface area contributed by atoms with Crippen LogP contribution in [-0.4, -0.2) is 42.0 Å². The quantitative estimate of drug-likeness (QED) is 0.704. The molecule has 5 rings (SSSR count). The maximum absolute atomic E-state index is 13.1. The predicted octanol–water partition coefficient (Wildman–Crippen LogP) is 4.49. The van der Waals surface area contributed by atoms with Gasteiger partial charge in [0.2, 0.25) is 0 Å². The molecule has 2 amide bonds. The normalized spacial score (nSPS) is 23.2. The van der Waals surface area contributed by atoms with Gasteiger partial charge in [-0.2, -0.15) is 0 Å².